The zero-order valence-corrected chi connectivity index (χ0v) is 23.1. The number of nitrogens with zero attached hydrogens (tertiary/aromatic N) is 2. The number of amides is 1. The molecule has 1 aliphatic carbocycles. The van der Waals surface area contributed by atoms with E-state index in [0.29, 0.717) is 17.3 Å². The van der Waals surface area contributed by atoms with Gasteiger partial charge >= 0.3 is 0 Å². The number of pyridine rings is 1. The Labute approximate surface area is 236 Å². The fourth-order valence-electron chi connectivity index (χ4n) is 5.79. The Morgan fingerprint density at radius 2 is 1.80 bits per heavy atom. The zero-order valence-electron chi connectivity index (χ0n) is 23.1. The van der Waals surface area contributed by atoms with E-state index in [2.05, 4.69) is 28.7 Å². The first-order valence-electron chi connectivity index (χ1n) is 14.2. The largest absolute Gasteiger partial charge is 0.392 e. The van der Waals surface area contributed by atoms with Crippen LogP contribution in [-0.2, 0) is 16.1 Å². The molecule has 210 valence electrons. The summed E-state index contributed by atoms with van der Waals surface area (Å²) in [4.78, 5) is 19.1. The van der Waals surface area contributed by atoms with E-state index in [9.17, 15) is 9.90 Å². The van der Waals surface area contributed by atoms with E-state index in [4.69, 9.17) is 9.47 Å². The Morgan fingerprint density at radius 1 is 1.07 bits per heavy atom. The normalized spacial score (nSPS) is 23.3. The third-order valence-electron chi connectivity index (χ3n) is 8.11. The molecule has 2 fully saturated rings. The van der Waals surface area contributed by atoms with Gasteiger partial charge in [0.05, 0.1) is 24.4 Å². The summed E-state index contributed by atoms with van der Waals surface area (Å²) in [5.41, 5.74) is 4.03. The Balaban J connectivity index is 1.36. The first-order chi connectivity index (χ1) is 19.6. The zero-order chi connectivity index (χ0) is 27.9. The number of carbonyl (C=O) groups is 1. The summed E-state index contributed by atoms with van der Waals surface area (Å²) in [5, 5.41) is 12.4. The molecule has 1 aliphatic heterocycles. The first kappa shape index (κ1) is 28.2. The molecule has 40 heavy (non-hydrogen) atoms. The fraction of sp³-hybridized carbons (Fsp3) is 0.394. The molecule has 7 heteroatoms. The smallest absolute Gasteiger partial charge is 0.257 e. The third kappa shape index (κ3) is 6.67. The van der Waals surface area contributed by atoms with Gasteiger partial charge < -0.3 is 19.9 Å². The van der Waals surface area contributed by atoms with E-state index < -0.39 is 6.29 Å². The molecule has 2 aliphatic rings. The molecule has 2 aromatic carbocycles. The second-order valence-electron chi connectivity index (χ2n) is 10.8. The summed E-state index contributed by atoms with van der Waals surface area (Å²) in [6, 6.07) is 19.7. The van der Waals surface area contributed by atoms with Gasteiger partial charge in [-0.3, -0.25) is 14.7 Å². The SMILES string of the molecule is C=CCN(CC1OC(c2ccc(NC(=O)c3cccnc3)cc2)OC(c2ccc(CO)cc2)C1C)C1CCCC1. The van der Waals surface area contributed by atoms with Crippen LogP contribution >= 0.6 is 0 Å². The lowest BCUT2D eigenvalue weighted by Gasteiger charge is -2.43. The van der Waals surface area contributed by atoms with E-state index in [1.165, 1.54) is 25.7 Å². The van der Waals surface area contributed by atoms with Crippen LogP contribution in [0.2, 0.25) is 0 Å². The van der Waals surface area contributed by atoms with Crippen LogP contribution in [-0.4, -0.2) is 46.1 Å². The molecule has 1 aromatic heterocycles. The van der Waals surface area contributed by atoms with E-state index >= 15 is 0 Å². The predicted octanol–water partition coefficient (Wildman–Crippen LogP) is 6.05. The number of nitrogens with one attached hydrogen (secondary N) is 1. The maximum atomic E-state index is 12.6. The number of aliphatic hydroxyl groups excluding tert-OH is 1. The van der Waals surface area contributed by atoms with Gasteiger partial charge in [-0.25, -0.2) is 0 Å². The molecule has 7 nitrogen and oxygen atoms in total. The topological polar surface area (TPSA) is 83.9 Å². The van der Waals surface area contributed by atoms with Gasteiger partial charge in [0, 0.05) is 48.7 Å². The number of ether oxygens (including phenoxy) is 2. The number of hydrogen-bond acceptors (Lipinski definition) is 6. The Hall–Kier alpha value is -3.36. The molecular weight excluding hydrogens is 502 g/mol. The van der Waals surface area contributed by atoms with Crippen LogP contribution in [0.25, 0.3) is 0 Å². The molecule has 0 radical (unpaired) electrons. The van der Waals surface area contributed by atoms with Crippen molar-refractivity contribution in [2.75, 3.05) is 18.4 Å². The van der Waals surface area contributed by atoms with Crippen LogP contribution in [0.5, 0.6) is 0 Å². The molecular formula is C33H39N3O4. The van der Waals surface area contributed by atoms with Crippen molar-refractivity contribution < 1.29 is 19.4 Å². The number of benzene rings is 2. The maximum Gasteiger partial charge on any atom is 0.257 e. The highest BCUT2D eigenvalue weighted by molar-refractivity contribution is 6.04. The first-order valence-corrected chi connectivity index (χ1v) is 14.2. The monoisotopic (exact) mass is 541 g/mol. The summed E-state index contributed by atoms with van der Waals surface area (Å²) in [6.07, 6.45) is 9.38. The summed E-state index contributed by atoms with van der Waals surface area (Å²) in [5.74, 6) is -0.0940. The Kier molecular flexibility index (Phi) is 9.39. The number of hydrogen-bond donors (Lipinski definition) is 2. The summed E-state index contributed by atoms with van der Waals surface area (Å²) >= 11 is 0. The van der Waals surface area contributed by atoms with Crippen molar-refractivity contribution >= 4 is 11.6 Å². The standard InChI is InChI=1S/C33H39N3O4/c1-3-19-36(29-8-4-5-9-29)21-30-23(2)31(25-12-10-24(22-37)11-13-25)40-33(39-30)26-14-16-28(17-15-26)35-32(38)27-7-6-18-34-20-27/h3,6-7,10-18,20,23,29-31,33,37H,1,4-5,8-9,19,21-22H2,2H3,(H,35,38). The van der Waals surface area contributed by atoms with Gasteiger partial charge in [0.2, 0.25) is 0 Å². The lowest BCUT2D eigenvalue weighted by atomic mass is 9.89. The van der Waals surface area contributed by atoms with E-state index in [1.54, 1.807) is 24.5 Å². The average Bonchev–Trinajstić information content (AvgIpc) is 3.54. The highest BCUT2D eigenvalue weighted by Crippen LogP contribution is 2.42. The Bertz CT molecular complexity index is 1240. The molecule has 1 amide bonds. The van der Waals surface area contributed by atoms with Crippen LogP contribution in [0.4, 0.5) is 5.69 Å². The second kappa shape index (κ2) is 13.3. The molecule has 4 unspecified atom stereocenters. The number of aromatic nitrogens is 1. The molecule has 1 saturated heterocycles. The molecule has 0 bridgehead atoms. The van der Waals surface area contributed by atoms with Crippen molar-refractivity contribution in [2.45, 2.75) is 63.8 Å². The van der Waals surface area contributed by atoms with Crippen LogP contribution < -0.4 is 5.32 Å². The van der Waals surface area contributed by atoms with E-state index in [0.717, 1.165) is 29.8 Å². The fourth-order valence-corrected chi connectivity index (χ4v) is 5.79. The Morgan fingerprint density at radius 3 is 2.45 bits per heavy atom. The molecule has 3 aromatic rings. The van der Waals surface area contributed by atoms with Gasteiger partial charge in [-0.05, 0) is 48.2 Å². The number of carbonyl (C=O) groups excluding carboxylic acids is 1. The van der Waals surface area contributed by atoms with Crippen molar-refractivity contribution in [1.29, 1.82) is 0 Å². The minimum Gasteiger partial charge on any atom is -0.392 e. The highest BCUT2D eigenvalue weighted by atomic mass is 16.7. The van der Waals surface area contributed by atoms with Gasteiger partial charge in [0.1, 0.15) is 0 Å². The molecule has 2 heterocycles. The molecule has 2 N–H and O–H groups in total. The van der Waals surface area contributed by atoms with Crippen LogP contribution in [0.1, 0.15) is 72.0 Å². The summed E-state index contributed by atoms with van der Waals surface area (Å²) < 4.78 is 13.3. The van der Waals surface area contributed by atoms with Gasteiger partial charge in [-0.2, -0.15) is 0 Å². The van der Waals surface area contributed by atoms with Gasteiger partial charge in [0.15, 0.2) is 6.29 Å². The van der Waals surface area contributed by atoms with Crippen LogP contribution in [0.15, 0.2) is 85.7 Å². The molecule has 1 saturated carbocycles. The van der Waals surface area contributed by atoms with Crippen molar-refractivity contribution in [2.24, 2.45) is 5.92 Å². The molecule has 4 atom stereocenters. The van der Waals surface area contributed by atoms with E-state index in [1.807, 2.05) is 54.6 Å². The molecule has 0 spiro atoms. The lowest BCUT2D eigenvalue weighted by Crippen LogP contribution is -2.47. The highest BCUT2D eigenvalue weighted by Gasteiger charge is 2.40. The minimum absolute atomic E-state index is 0.0112. The van der Waals surface area contributed by atoms with Gasteiger partial charge in [-0.1, -0.05) is 62.2 Å². The van der Waals surface area contributed by atoms with Crippen molar-refractivity contribution in [3.05, 3.63) is 108 Å². The number of anilines is 1. The summed E-state index contributed by atoms with van der Waals surface area (Å²) in [7, 11) is 0. The number of rotatable bonds is 10. The van der Waals surface area contributed by atoms with Crippen molar-refractivity contribution in [3.8, 4) is 0 Å². The molecule has 5 rings (SSSR count). The predicted molar refractivity (Wildman–Crippen MR) is 156 cm³/mol. The lowest BCUT2D eigenvalue weighted by molar-refractivity contribution is -0.276. The average molecular weight is 542 g/mol. The van der Waals surface area contributed by atoms with Crippen molar-refractivity contribution in [3.63, 3.8) is 0 Å². The van der Waals surface area contributed by atoms with Crippen molar-refractivity contribution in [1.82, 2.24) is 9.88 Å². The second-order valence-corrected chi connectivity index (χ2v) is 10.8. The quantitative estimate of drug-likeness (QED) is 0.304. The maximum absolute atomic E-state index is 12.6. The minimum atomic E-state index is -0.555. The van der Waals surface area contributed by atoms with Gasteiger partial charge in [0.25, 0.3) is 5.91 Å². The third-order valence-corrected chi connectivity index (χ3v) is 8.11. The van der Waals surface area contributed by atoms with Gasteiger partial charge in [-0.15, -0.1) is 6.58 Å². The summed E-state index contributed by atoms with van der Waals surface area (Å²) in [6.45, 7) is 7.87. The number of aliphatic hydroxyl groups is 1. The van der Waals surface area contributed by atoms with Crippen LogP contribution in [0, 0.1) is 5.92 Å². The van der Waals surface area contributed by atoms with E-state index in [-0.39, 0.29) is 30.6 Å². The van der Waals surface area contributed by atoms with Crippen LogP contribution in [0.3, 0.4) is 0 Å².